The maximum Gasteiger partial charge on any atom is 0.184 e. The van der Waals surface area contributed by atoms with Crippen molar-refractivity contribution in [3.05, 3.63) is 0 Å². The van der Waals surface area contributed by atoms with E-state index in [2.05, 4.69) is 0 Å². The highest BCUT2D eigenvalue weighted by Crippen LogP contribution is 2.38. The predicted octanol–water partition coefficient (Wildman–Crippen LogP) is -0.396. The van der Waals surface area contributed by atoms with Crippen LogP contribution in [0.2, 0.25) is 0 Å². The zero-order valence-corrected chi connectivity index (χ0v) is 8.51. The van der Waals surface area contributed by atoms with Crippen molar-refractivity contribution in [3.63, 3.8) is 0 Å². The number of fused-ring (bicyclic) bond motifs is 1. The topological polar surface area (TPSA) is 68.2 Å². The molecule has 0 saturated carbocycles. The second-order valence-electron chi connectivity index (χ2n) is 4.30. The minimum Gasteiger partial charge on any atom is -0.391 e. The zero-order valence-electron chi connectivity index (χ0n) is 8.51. The Morgan fingerprint density at radius 2 is 1.79 bits per heavy atom. The fourth-order valence-corrected chi connectivity index (χ4v) is 2.00. The molecule has 0 aromatic rings. The van der Waals surface area contributed by atoms with Crippen LogP contribution < -0.4 is 0 Å². The molecule has 0 bridgehead atoms. The van der Waals surface area contributed by atoms with Gasteiger partial charge in [-0.2, -0.15) is 0 Å². The molecule has 2 aliphatic heterocycles. The molecule has 0 spiro atoms. The molecule has 0 aromatic carbocycles. The van der Waals surface area contributed by atoms with Crippen LogP contribution in [0.3, 0.4) is 0 Å². The van der Waals surface area contributed by atoms with Gasteiger partial charge in [0.1, 0.15) is 18.3 Å². The summed E-state index contributed by atoms with van der Waals surface area (Å²) in [6, 6.07) is 0. The molecule has 2 heterocycles. The largest absolute Gasteiger partial charge is 0.391 e. The van der Waals surface area contributed by atoms with Crippen LogP contribution in [0.15, 0.2) is 0 Å². The van der Waals surface area contributed by atoms with E-state index < -0.39 is 30.4 Å². The fourth-order valence-electron chi connectivity index (χ4n) is 2.00. The molecule has 0 amide bonds. The molecule has 2 fully saturated rings. The molecule has 0 aromatic heterocycles. The second-order valence-corrected chi connectivity index (χ2v) is 4.30. The van der Waals surface area contributed by atoms with Crippen molar-refractivity contribution in [2.45, 2.75) is 57.3 Å². The number of hydrogen-bond acceptors (Lipinski definition) is 5. The second kappa shape index (κ2) is 3.15. The average molecular weight is 204 g/mol. The van der Waals surface area contributed by atoms with Gasteiger partial charge >= 0.3 is 0 Å². The summed E-state index contributed by atoms with van der Waals surface area (Å²) in [5.74, 6) is -0.715. The first-order valence-corrected chi connectivity index (χ1v) is 4.78. The highest BCUT2D eigenvalue weighted by Gasteiger charge is 2.55. The Hall–Kier alpha value is -0.200. The van der Waals surface area contributed by atoms with Crippen molar-refractivity contribution in [1.82, 2.24) is 0 Å². The highest BCUT2D eigenvalue weighted by atomic mass is 16.8. The predicted molar refractivity (Wildman–Crippen MR) is 46.4 cm³/mol. The smallest absolute Gasteiger partial charge is 0.184 e. The summed E-state index contributed by atoms with van der Waals surface area (Å²) < 4.78 is 16.1. The quantitative estimate of drug-likeness (QED) is 0.608. The van der Waals surface area contributed by atoms with Gasteiger partial charge in [-0.05, 0) is 20.8 Å². The van der Waals surface area contributed by atoms with E-state index in [1.165, 1.54) is 0 Å². The van der Waals surface area contributed by atoms with Gasteiger partial charge in [-0.1, -0.05) is 0 Å². The van der Waals surface area contributed by atoms with Gasteiger partial charge in [0.15, 0.2) is 12.1 Å². The molecule has 2 saturated heterocycles. The van der Waals surface area contributed by atoms with Crippen LogP contribution in [0.5, 0.6) is 0 Å². The summed E-state index contributed by atoms with van der Waals surface area (Å²) in [5, 5.41) is 18.9. The van der Waals surface area contributed by atoms with Crippen LogP contribution in [-0.4, -0.2) is 46.7 Å². The molecular weight excluding hydrogens is 188 g/mol. The molecule has 2 aliphatic rings. The number of ether oxygens (including phenoxy) is 3. The molecule has 14 heavy (non-hydrogen) atoms. The van der Waals surface area contributed by atoms with Crippen molar-refractivity contribution >= 4 is 0 Å². The first kappa shape index (κ1) is 10.3. The summed E-state index contributed by atoms with van der Waals surface area (Å²) in [6.45, 7) is 5.16. The molecule has 2 N–H and O–H groups in total. The first-order chi connectivity index (χ1) is 6.41. The lowest BCUT2D eigenvalue weighted by Crippen LogP contribution is -2.36. The normalized spacial score (nSPS) is 47.8. The lowest BCUT2D eigenvalue weighted by molar-refractivity contribution is -0.229. The van der Waals surface area contributed by atoms with E-state index in [0.29, 0.717) is 0 Å². The Morgan fingerprint density at radius 3 is 2.36 bits per heavy atom. The van der Waals surface area contributed by atoms with Crippen molar-refractivity contribution in [3.8, 4) is 0 Å². The van der Waals surface area contributed by atoms with E-state index in [4.69, 9.17) is 14.2 Å². The zero-order chi connectivity index (χ0) is 10.5. The lowest BCUT2D eigenvalue weighted by Gasteiger charge is -2.23. The minimum absolute atomic E-state index is 0.389. The van der Waals surface area contributed by atoms with Crippen LogP contribution in [0, 0.1) is 0 Å². The number of aliphatic hydroxyl groups is 2. The Balaban J connectivity index is 2.15. The molecule has 0 radical (unpaired) electrons. The van der Waals surface area contributed by atoms with Gasteiger partial charge in [0, 0.05) is 0 Å². The standard InChI is InChI=1S/C9H16O5/c1-4(10)5-6-7(8(11)12-5)14-9(2,3)13-6/h4-8,10-11H,1-3H3/t4-,5-,6-,7-,8-/m0/s1. The van der Waals surface area contributed by atoms with Crippen LogP contribution in [0.1, 0.15) is 20.8 Å². The van der Waals surface area contributed by atoms with Gasteiger partial charge in [0.05, 0.1) is 6.10 Å². The summed E-state index contributed by atoms with van der Waals surface area (Å²) in [4.78, 5) is 0. The Bertz CT molecular complexity index is 225. The number of rotatable bonds is 1. The molecule has 0 aliphatic carbocycles. The highest BCUT2D eigenvalue weighted by molar-refractivity contribution is 4.96. The molecule has 0 unspecified atom stereocenters. The minimum atomic E-state index is -1.01. The van der Waals surface area contributed by atoms with Crippen LogP contribution in [-0.2, 0) is 14.2 Å². The van der Waals surface area contributed by atoms with Crippen molar-refractivity contribution in [1.29, 1.82) is 0 Å². The lowest BCUT2D eigenvalue weighted by atomic mass is 10.1. The molecular formula is C9H16O5. The number of aliphatic hydroxyl groups excluding tert-OH is 2. The van der Waals surface area contributed by atoms with E-state index in [1.54, 1.807) is 20.8 Å². The number of hydrogen-bond donors (Lipinski definition) is 2. The van der Waals surface area contributed by atoms with Gasteiger partial charge in [0.25, 0.3) is 0 Å². The third kappa shape index (κ3) is 1.55. The first-order valence-electron chi connectivity index (χ1n) is 4.78. The molecule has 2 rings (SSSR count). The summed E-state index contributed by atoms with van der Waals surface area (Å²) in [7, 11) is 0. The maximum atomic E-state index is 9.51. The van der Waals surface area contributed by atoms with E-state index >= 15 is 0 Å². The SMILES string of the molecule is C[C@H](O)[C@@H]1O[C@H](O)[C@H]2OC(C)(C)O[C@@H]12. The fraction of sp³-hybridized carbons (Fsp3) is 1.00. The summed E-state index contributed by atoms with van der Waals surface area (Å²) >= 11 is 0. The van der Waals surface area contributed by atoms with Crippen molar-refractivity contribution < 1.29 is 24.4 Å². The Labute approximate surface area is 82.6 Å². The van der Waals surface area contributed by atoms with Crippen LogP contribution >= 0.6 is 0 Å². The van der Waals surface area contributed by atoms with Gasteiger partial charge < -0.3 is 24.4 Å². The Kier molecular flexibility index (Phi) is 2.32. The molecule has 5 atom stereocenters. The third-order valence-corrected chi connectivity index (χ3v) is 2.54. The average Bonchev–Trinajstić information content (AvgIpc) is 2.47. The van der Waals surface area contributed by atoms with Crippen molar-refractivity contribution in [2.75, 3.05) is 0 Å². The van der Waals surface area contributed by atoms with Gasteiger partial charge in [-0.25, -0.2) is 0 Å². The molecule has 5 nitrogen and oxygen atoms in total. The van der Waals surface area contributed by atoms with Gasteiger partial charge in [0.2, 0.25) is 0 Å². The monoisotopic (exact) mass is 204 g/mol. The molecule has 5 heteroatoms. The van der Waals surface area contributed by atoms with E-state index in [9.17, 15) is 10.2 Å². The van der Waals surface area contributed by atoms with E-state index in [1.807, 2.05) is 0 Å². The van der Waals surface area contributed by atoms with Gasteiger partial charge in [-0.15, -0.1) is 0 Å². The maximum absolute atomic E-state index is 9.51. The van der Waals surface area contributed by atoms with Crippen LogP contribution in [0.4, 0.5) is 0 Å². The third-order valence-electron chi connectivity index (χ3n) is 2.54. The Morgan fingerprint density at radius 1 is 1.21 bits per heavy atom. The van der Waals surface area contributed by atoms with E-state index in [0.717, 1.165) is 0 Å². The molecule has 82 valence electrons. The summed E-state index contributed by atoms with van der Waals surface area (Å²) in [5.41, 5.74) is 0. The van der Waals surface area contributed by atoms with Gasteiger partial charge in [-0.3, -0.25) is 0 Å². The van der Waals surface area contributed by atoms with Crippen LogP contribution in [0.25, 0.3) is 0 Å². The van der Waals surface area contributed by atoms with Crippen molar-refractivity contribution in [2.24, 2.45) is 0 Å². The summed E-state index contributed by atoms with van der Waals surface area (Å²) in [6.07, 6.45) is -3.10. The van der Waals surface area contributed by atoms with E-state index in [-0.39, 0.29) is 6.10 Å².